The van der Waals surface area contributed by atoms with E-state index in [1.165, 1.54) is 12.1 Å². The third-order valence-electron chi connectivity index (χ3n) is 1.90. The van der Waals surface area contributed by atoms with Crippen LogP contribution in [-0.2, 0) is 16.2 Å². The van der Waals surface area contributed by atoms with Crippen molar-refractivity contribution in [2.24, 2.45) is 4.36 Å². The van der Waals surface area contributed by atoms with Crippen LogP contribution in [0.1, 0.15) is 41.5 Å². The van der Waals surface area contributed by atoms with Gasteiger partial charge in [0.15, 0.2) is 0 Å². The number of carbonyl (C=O) groups is 2. The Kier molecular flexibility index (Phi) is 4.49. The molecule has 0 heterocycles. The number of carbonyl (C=O) groups excluding carboxylic acids is 2. The first kappa shape index (κ1) is 14.2. The minimum atomic E-state index is -0.739. The van der Waals surface area contributed by atoms with Gasteiger partial charge in [-0.3, -0.25) is 4.79 Å². The summed E-state index contributed by atoms with van der Waals surface area (Å²) in [6, 6.07) is 6.10. The van der Waals surface area contributed by atoms with E-state index >= 15 is 0 Å². The topological polar surface area (TPSA) is 72.8 Å². The van der Waals surface area contributed by atoms with E-state index < -0.39 is 17.5 Å². The molecule has 0 radical (unpaired) electrons. The molecule has 0 aliphatic heterocycles. The first-order valence-electron chi connectivity index (χ1n) is 5.22. The molecule has 5 nitrogen and oxygen atoms in total. The maximum absolute atomic E-state index is 11.9. The third-order valence-corrected chi connectivity index (χ3v) is 2.14. The maximum Gasteiger partial charge on any atom is 0.339 e. The van der Waals surface area contributed by atoms with Crippen molar-refractivity contribution in [1.29, 1.82) is 0 Å². The average molecular weight is 267 g/mol. The first-order chi connectivity index (χ1) is 8.35. The molecule has 0 atom stereocenters. The zero-order valence-corrected chi connectivity index (χ0v) is 11.1. The van der Waals surface area contributed by atoms with Crippen molar-refractivity contribution in [1.82, 2.24) is 0 Å². The lowest BCUT2D eigenvalue weighted by Gasteiger charge is -2.20. The lowest BCUT2D eigenvalue weighted by Crippen LogP contribution is -2.25. The molecule has 1 aromatic carbocycles. The van der Waals surface area contributed by atoms with Gasteiger partial charge in [0.1, 0.15) is 5.60 Å². The van der Waals surface area contributed by atoms with Gasteiger partial charge in [-0.25, -0.2) is 4.79 Å². The van der Waals surface area contributed by atoms with Gasteiger partial charge in [0.25, 0.3) is 5.91 Å². The highest BCUT2D eigenvalue weighted by Gasteiger charge is 2.22. The van der Waals surface area contributed by atoms with E-state index in [0.717, 1.165) is 0 Å². The van der Waals surface area contributed by atoms with Gasteiger partial charge in [-0.1, -0.05) is 12.1 Å². The van der Waals surface area contributed by atoms with Crippen LogP contribution in [0.15, 0.2) is 28.6 Å². The summed E-state index contributed by atoms with van der Waals surface area (Å²) in [7, 11) is 0. The van der Waals surface area contributed by atoms with Crippen molar-refractivity contribution in [3.63, 3.8) is 0 Å². The molecule has 0 N–H and O–H groups in total. The predicted octanol–water partition coefficient (Wildman–Crippen LogP) is 2.18. The van der Waals surface area contributed by atoms with Crippen LogP contribution in [0.3, 0.4) is 0 Å². The fourth-order valence-corrected chi connectivity index (χ4v) is 1.43. The van der Waals surface area contributed by atoms with E-state index in [-0.39, 0.29) is 22.6 Å². The minimum absolute atomic E-state index is 0.0649. The van der Waals surface area contributed by atoms with Crippen molar-refractivity contribution >= 4 is 23.3 Å². The molecule has 1 aromatic rings. The zero-order chi connectivity index (χ0) is 13.8. The van der Waals surface area contributed by atoms with Crippen LogP contribution in [-0.4, -0.2) is 21.7 Å². The van der Waals surface area contributed by atoms with Crippen LogP contribution >= 0.6 is 0 Å². The molecule has 0 saturated carbocycles. The van der Waals surface area contributed by atoms with Crippen LogP contribution in [0.2, 0.25) is 0 Å². The number of esters is 1. The average Bonchev–Trinajstić information content (AvgIpc) is 2.27. The van der Waals surface area contributed by atoms with Gasteiger partial charge < -0.3 is 4.74 Å². The Balaban J connectivity index is 3.13. The number of hydrogen-bond donors (Lipinski definition) is 0. The van der Waals surface area contributed by atoms with Crippen LogP contribution in [0, 0.1) is 0 Å². The standard InChI is InChI=1S/C12H13NO4S/c1-12(2,3)17-11(15)9-7-5-4-6-8(9)10(14)13-18-16/h4-7H,1-3H3. The fraction of sp³-hybridized carbons (Fsp3) is 0.333. The van der Waals surface area contributed by atoms with Crippen molar-refractivity contribution in [2.45, 2.75) is 26.4 Å². The van der Waals surface area contributed by atoms with Crippen LogP contribution in [0.4, 0.5) is 0 Å². The summed E-state index contributed by atoms with van der Waals surface area (Å²) in [5, 5.41) is 0. The molecule has 18 heavy (non-hydrogen) atoms. The Labute approximate surface area is 108 Å². The Morgan fingerprint density at radius 3 is 2.22 bits per heavy atom. The van der Waals surface area contributed by atoms with Gasteiger partial charge >= 0.3 is 5.97 Å². The summed E-state index contributed by atoms with van der Waals surface area (Å²) in [5.41, 5.74) is -0.483. The monoisotopic (exact) mass is 267 g/mol. The van der Waals surface area contributed by atoms with Crippen LogP contribution in [0.5, 0.6) is 0 Å². The highest BCUT2D eigenvalue weighted by molar-refractivity contribution is 7.55. The first-order valence-corrected chi connectivity index (χ1v) is 5.92. The minimum Gasteiger partial charge on any atom is -0.456 e. The number of nitrogens with zero attached hydrogens (tertiary/aromatic N) is 1. The van der Waals surface area contributed by atoms with E-state index in [9.17, 15) is 13.8 Å². The molecule has 0 bridgehead atoms. The van der Waals surface area contributed by atoms with Gasteiger partial charge in [-0.05, 0) is 32.9 Å². The van der Waals surface area contributed by atoms with Gasteiger partial charge in [0, 0.05) is 0 Å². The SMILES string of the molecule is CC(C)(C)OC(=O)c1ccccc1C(=O)N=S=O. The summed E-state index contributed by atoms with van der Waals surface area (Å²) in [5.74, 6) is -1.35. The lowest BCUT2D eigenvalue weighted by atomic mass is 10.1. The zero-order valence-electron chi connectivity index (χ0n) is 10.3. The summed E-state index contributed by atoms with van der Waals surface area (Å²) >= 11 is -0.189. The van der Waals surface area contributed by atoms with E-state index in [2.05, 4.69) is 4.36 Å². The predicted molar refractivity (Wildman–Crippen MR) is 66.5 cm³/mol. The summed E-state index contributed by atoms with van der Waals surface area (Å²) in [6.45, 7) is 5.19. The highest BCUT2D eigenvalue weighted by Crippen LogP contribution is 2.16. The molecule has 1 amide bonds. The molecule has 0 aromatic heterocycles. The van der Waals surface area contributed by atoms with Crippen molar-refractivity contribution in [2.75, 3.05) is 0 Å². The maximum atomic E-state index is 11.9. The van der Waals surface area contributed by atoms with Gasteiger partial charge in [0.2, 0.25) is 11.5 Å². The summed E-state index contributed by atoms with van der Waals surface area (Å²) in [6.07, 6.45) is 0. The number of hydrogen-bond acceptors (Lipinski definition) is 4. The third kappa shape index (κ3) is 3.89. The Morgan fingerprint density at radius 2 is 1.72 bits per heavy atom. The lowest BCUT2D eigenvalue weighted by molar-refractivity contribution is 0.00678. The number of amides is 1. The quantitative estimate of drug-likeness (QED) is 0.770. The second-order valence-electron chi connectivity index (χ2n) is 4.52. The second kappa shape index (κ2) is 5.68. The van der Waals surface area contributed by atoms with Crippen LogP contribution in [0.25, 0.3) is 0 Å². The Hall–Kier alpha value is -1.82. The summed E-state index contributed by atoms with van der Waals surface area (Å²) < 4.78 is 18.6. The molecular weight excluding hydrogens is 254 g/mol. The largest absolute Gasteiger partial charge is 0.456 e. The molecular formula is C12H13NO4S. The smallest absolute Gasteiger partial charge is 0.339 e. The van der Waals surface area contributed by atoms with E-state index in [4.69, 9.17) is 4.74 Å². The van der Waals surface area contributed by atoms with Gasteiger partial charge in [-0.15, -0.1) is 4.36 Å². The molecule has 0 saturated heterocycles. The second-order valence-corrected chi connectivity index (χ2v) is 4.85. The van der Waals surface area contributed by atoms with Crippen LogP contribution < -0.4 is 0 Å². The molecule has 1 rings (SSSR count). The highest BCUT2D eigenvalue weighted by atomic mass is 32.1. The normalized spacial score (nSPS) is 10.6. The van der Waals surface area contributed by atoms with E-state index in [1.54, 1.807) is 32.9 Å². The Bertz CT molecular complexity index is 527. The number of benzene rings is 1. The molecule has 0 fully saturated rings. The van der Waals surface area contributed by atoms with Crippen molar-refractivity contribution in [3.05, 3.63) is 35.4 Å². The molecule has 0 unspecified atom stereocenters. The molecule has 0 spiro atoms. The number of ether oxygens (including phenoxy) is 1. The van der Waals surface area contributed by atoms with E-state index in [1.807, 2.05) is 0 Å². The van der Waals surface area contributed by atoms with Crippen molar-refractivity contribution in [3.8, 4) is 0 Å². The molecule has 0 aliphatic rings. The molecule has 0 aliphatic carbocycles. The fourth-order valence-electron chi connectivity index (χ4n) is 1.26. The number of rotatable bonds is 2. The molecule has 6 heteroatoms. The Morgan fingerprint density at radius 1 is 1.17 bits per heavy atom. The van der Waals surface area contributed by atoms with Crippen molar-refractivity contribution < 1.29 is 18.5 Å². The van der Waals surface area contributed by atoms with E-state index in [0.29, 0.717) is 0 Å². The molecule has 96 valence electrons. The van der Waals surface area contributed by atoms with Gasteiger partial charge in [0.05, 0.1) is 11.1 Å². The summed E-state index contributed by atoms with van der Waals surface area (Å²) in [4.78, 5) is 23.4. The van der Waals surface area contributed by atoms with Gasteiger partial charge in [-0.2, -0.15) is 4.21 Å².